The SMILES string of the molecule is CC(C)c1noc2ncc(C(=O)NC3CCCN(S(C)(=O)=O)C3)cc12. The smallest absolute Gasteiger partial charge is 0.257 e. The lowest BCUT2D eigenvalue weighted by Gasteiger charge is -2.31. The van der Waals surface area contributed by atoms with E-state index in [0.29, 0.717) is 24.4 Å². The van der Waals surface area contributed by atoms with Crippen LogP contribution in [0.2, 0.25) is 0 Å². The molecule has 1 aliphatic heterocycles. The van der Waals surface area contributed by atoms with Crippen LogP contribution in [-0.2, 0) is 10.0 Å². The predicted molar refractivity (Wildman–Crippen MR) is 92.8 cm³/mol. The fourth-order valence-electron chi connectivity index (χ4n) is 3.02. The minimum absolute atomic E-state index is 0.156. The Morgan fingerprint density at radius 3 is 2.88 bits per heavy atom. The van der Waals surface area contributed by atoms with E-state index in [2.05, 4.69) is 15.5 Å². The average molecular weight is 366 g/mol. The number of aromatic nitrogens is 2. The number of amides is 1. The summed E-state index contributed by atoms with van der Waals surface area (Å²) < 4.78 is 30.0. The number of hydrogen-bond donors (Lipinski definition) is 1. The molecule has 1 atom stereocenters. The molecule has 9 heteroatoms. The highest BCUT2D eigenvalue weighted by atomic mass is 32.2. The molecule has 0 spiro atoms. The third-order valence-electron chi connectivity index (χ3n) is 4.35. The number of carbonyl (C=O) groups is 1. The van der Waals surface area contributed by atoms with Crippen LogP contribution in [0.1, 0.15) is 48.7 Å². The van der Waals surface area contributed by atoms with Crippen LogP contribution >= 0.6 is 0 Å². The quantitative estimate of drug-likeness (QED) is 0.879. The van der Waals surface area contributed by atoms with Gasteiger partial charge in [0, 0.05) is 25.3 Å². The topological polar surface area (TPSA) is 105 Å². The Bertz CT molecular complexity index is 891. The van der Waals surface area contributed by atoms with Crippen molar-refractivity contribution in [2.45, 2.75) is 38.6 Å². The number of nitrogens with zero attached hydrogens (tertiary/aromatic N) is 3. The zero-order valence-electron chi connectivity index (χ0n) is 14.5. The normalized spacial score (nSPS) is 19.4. The zero-order valence-corrected chi connectivity index (χ0v) is 15.3. The summed E-state index contributed by atoms with van der Waals surface area (Å²) >= 11 is 0. The molecule has 0 bridgehead atoms. The van der Waals surface area contributed by atoms with E-state index in [1.165, 1.54) is 16.8 Å². The molecular weight excluding hydrogens is 344 g/mol. The summed E-state index contributed by atoms with van der Waals surface area (Å²) in [5.41, 5.74) is 1.58. The molecule has 0 aromatic carbocycles. The van der Waals surface area contributed by atoms with Gasteiger partial charge in [-0.25, -0.2) is 17.7 Å². The molecule has 2 aromatic rings. The maximum atomic E-state index is 12.5. The minimum atomic E-state index is -3.25. The van der Waals surface area contributed by atoms with Gasteiger partial charge in [0.1, 0.15) is 0 Å². The Hall–Kier alpha value is -2.00. The first-order valence-corrected chi connectivity index (χ1v) is 10.1. The van der Waals surface area contributed by atoms with Crippen molar-refractivity contribution in [2.75, 3.05) is 19.3 Å². The fourth-order valence-corrected chi connectivity index (χ4v) is 3.93. The Morgan fingerprint density at radius 1 is 1.44 bits per heavy atom. The van der Waals surface area contributed by atoms with Gasteiger partial charge < -0.3 is 9.84 Å². The molecule has 8 nitrogen and oxygen atoms in total. The molecule has 1 unspecified atom stereocenters. The molecule has 2 aromatic heterocycles. The van der Waals surface area contributed by atoms with E-state index in [9.17, 15) is 13.2 Å². The van der Waals surface area contributed by atoms with Crippen LogP contribution in [0.25, 0.3) is 11.1 Å². The van der Waals surface area contributed by atoms with Crippen LogP contribution < -0.4 is 5.32 Å². The zero-order chi connectivity index (χ0) is 18.2. The first-order chi connectivity index (χ1) is 11.8. The summed E-state index contributed by atoms with van der Waals surface area (Å²) in [6.45, 7) is 4.78. The lowest BCUT2D eigenvalue weighted by atomic mass is 10.1. The molecule has 1 amide bonds. The highest BCUT2D eigenvalue weighted by Crippen LogP contribution is 2.24. The second-order valence-electron chi connectivity index (χ2n) is 6.73. The molecule has 1 saturated heterocycles. The summed E-state index contributed by atoms with van der Waals surface area (Å²) in [7, 11) is -3.25. The van der Waals surface area contributed by atoms with Gasteiger partial charge in [0.2, 0.25) is 10.0 Å². The number of rotatable bonds is 4. The minimum Gasteiger partial charge on any atom is -0.348 e. The van der Waals surface area contributed by atoms with E-state index < -0.39 is 10.0 Å². The van der Waals surface area contributed by atoms with Gasteiger partial charge in [0.05, 0.1) is 22.9 Å². The molecule has 1 aliphatic rings. The Balaban J connectivity index is 1.77. The fraction of sp³-hybridized carbons (Fsp3) is 0.562. The molecular formula is C16H22N4O4S. The van der Waals surface area contributed by atoms with Crippen molar-refractivity contribution in [3.05, 3.63) is 23.5 Å². The Kier molecular flexibility index (Phi) is 4.79. The summed E-state index contributed by atoms with van der Waals surface area (Å²) in [6, 6.07) is 1.51. The molecule has 1 fully saturated rings. The first-order valence-electron chi connectivity index (χ1n) is 8.27. The van der Waals surface area contributed by atoms with Crippen LogP contribution in [0.3, 0.4) is 0 Å². The van der Waals surface area contributed by atoms with Gasteiger partial charge in [-0.1, -0.05) is 19.0 Å². The van der Waals surface area contributed by atoms with Gasteiger partial charge in [-0.3, -0.25) is 4.79 Å². The number of hydrogen-bond acceptors (Lipinski definition) is 6. The maximum Gasteiger partial charge on any atom is 0.257 e. The number of piperidine rings is 1. The standard InChI is InChI=1S/C16H22N4O4S/c1-10(2)14-13-7-11(8-17-16(13)24-19-14)15(21)18-12-5-4-6-20(9-12)25(3,22)23/h7-8,10,12H,4-6,9H2,1-3H3,(H,18,21). The lowest BCUT2D eigenvalue weighted by molar-refractivity contribution is 0.0921. The molecule has 1 N–H and O–H groups in total. The second kappa shape index (κ2) is 6.72. The van der Waals surface area contributed by atoms with Crippen molar-refractivity contribution >= 4 is 27.0 Å². The highest BCUT2D eigenvalue weighted by Gasteiger charge is 2.27. The summed E-state index contributed by atoms with van der Waals surface area (Å²) in [5.74, 6) is -0.117. The number of carbonyl (C=O) groups excluding carboxylic acids is 1. The van der Waals surface area contributed by atoms with Crippen molar-refractivity contribution in [1.82, 2.24) is 19.8 Å². The van der Waals surface area contributed by atoms with Gasteiger partial charge >= 0.3 is 0 Å². The van der Waals surface area contributed by atoms with E-state index in [0.717, 1.165) is 23.9 Å². The molecule has 0 radical (unpaired) electrons. The van der Waals surface area contributed by atoms with E-state index in [1.807, 2.05) is 13.8 Å². The third-order valence-corrected chi connectivity index (χ3v) is 5.62. The summed E-state index contributed by atoms with van der Waals surface area (Å²) in [5, 5.41) is 7.64. The molecule has 25 heavy (non-hydrogen) atoms. The van der Waals surface area contributed by atoms with Gasteiger partial charge in [0.25, 0.3) is 11.6 Å². The van der Waals surface area contributed by atoms with Crippen LogP contribution in [0, 0.1) is 0 Å². The van der Waals surface area contributed by atoms with Crippen LogP contribution in [0.5, 0.6) is 0 Å². The van der Waals surface area contributed by atoms with E-state index in [-0.39, 0.29) is 17.9 Å². The lowest BCUT2D eigenvalue weighted by Crippen LogP contribution is -2.49. The molecule has 3 heterocycles. The van der Waals surface area contributed by atoms with Crippen molar-refractivity contribution in [3.63, 3.8) is 0 Å². The number of sulfonamides is 1. The second-order valence-corrected chi connectivity index (χ2v) is 8.72. The molecule has 0 saturated carbocycles. The van der Waals surface area contributed by atoms with Gasteiger partial charge in [0.15, 0.2) is 0 Å². The monoisotopic (exact) mass is 366 g/mol. The van der Waals surface area contributed by atoms with Gasteiger partial charge in [-0.2, -0.15) is 0 Å². The van der Waals surface area contributed by atoms with Gasteiger partial charge in [-0.05, 0) is 24.8 Å². The molecule has 0 aliphatic carbocycles. The van der Waals surface area contributed by atoms with E-state index in [1.54, 1.807) is 6.07 Å². The maximum absolute atomic E-state index is 12.5. The number of nitrogens with one attached hydrogen (secondary N) is 1. The van der Waals surface area contributed by atoms with Crippen LogP contribution in [0.15, 0.2) is 16.8 Å². The summed E-state index contributed by atoms with van der Waals surface area (Å²) in [4.78, 5) is 16.7. The molecule has 3 rings (SSSR count). The third kappa shape index (κ3) is 3.82. The van der Waals surface area contributed by atoms with E-state index >= 15 is 0 Å². The largest absolute Gasteiger partial charge is 0.348 e. The van der Waals surface area contributed by atoms with Crippen molar-refractivity contribution in [1.29, 1.82) is 0 Å². The first kappa shape index (κ1) is 17.8. The predicted octanol–water partition coefficient (Wildman–Crippen LogP) is 1.50. The summed E-state index contributed by atoms with van der Waals surface area (Å²) in [6.07, 6.45) is 4.11. The van der Waals surface area contributed by atoms with Crippen LogP contribution in [0.4, 0.5) is 0 Å². The van der Waals surface area contributed by atoms with Crippen molar-refractivity contribution < 1.29 is 17.7 Å². The van der Waals surface area contributed by atoms with Crippen molar-refractivity contribution in [3.8, 4) is 0 Å². The number of fused-ring (bicyclic) bond motifs is 1. The Morgan fingerprint density at radius 2 is 2.20 bits per heavy atom. The Labute approximate surface area is 146 Å². The number of pyridine rings is 1. The van der Waals surface area contributed by atoms with Gasteiger partial charge in [-0.15, -0.1) is 0 Å². The van der Waals surface area contributed by atoms with E-state index in [4.69, 9.17) is 4.52 Å². The average Bonchev–Trinajstić information content (AvgIpc) is 2.97. The molecule has 136 valence electrons. The highest BCUT2D eigenvalue weighted by molar-refractivity contribution is 7.88. The van der Waals surface area contributed by atoms with Crippen molar-refractivity contribution in [2.24, 2.45) is 0 Å². The van der Waals surface area contributed by atoms with Crippen LogP contribution in [-0.4, -0.2) is 54.2 Å².